The van der Waals surface area contributed by atoms with E-state index in [0.29, 0.717) is 26.8 Å². The standard InChI is InChI=1S/C29H28BrClN4O5/c1-15(2)19-12-20(16(3)10-22(19)38-4)28-34-21-9-7-6-8-18(21)29(37)35(28)33-13-17-11-23(39-5)27(26(31)25(17)30)40-14-24(32)36/h6-13,15H,14H2,1-5H3,(H2,32,36). The number of halogens is 2. The zero-order chi connectivity index (χ0) is 29.1. The van der Waals surface area contributed by atoms with Crippen molar-refractivity contribution < 1.29 is 19.0 Å². The van der Waals surface area contributed by atoms with Crippen molar-refractivity contribution in [3.63, 3.8) is 0 Å². The Morgan fingerprint density at radius 2 is 1.88 bits per heavy atom. The van der Waals surface area contributed by atoms with Gasteiger partial charge in [-0.25, -0.2) is 4.98 Å². The number of hydrogen-bond donors (Lipinski definition) is 1. The van der Waals surface area contributed by atoms with Crippen LogP contribution in [0.1, 0.15) is 36.5 Å². The van der Waals surface area contributed by atoms with Crippen molar-refractivity contribution in [2.24, 2.45) is 10.8 Å². The molecule has 0 radical (unpaired) electrons. The summed E-state index contributed by atoms with van der Waals surface area (Å²) < 4.78 is 18.2. The summed E-state index contributed by atoms with van der Waals surface area (Å²) in [6.07, 6.45) is 1.47. The number of ether oxygens (including phenoxy) is 3. The number of nitrogens with two attached hydrogens (primary N) is 1. The first-order chi connectivity index (χ1) is 19.1. The largest absolute Gasteiger partial charge is 0.496 e. The minimum atomic E-state index is -0.662. The maximum Gasteiger partial charge on any atom is 0.282 e. The van der Waals surface area contributed by atoms with Crippen LogP contribution in [-0.2, 0) is 4.79 Å². The zero-order valence-corrected chi connectivity index (χ0v) is 25.0. The summed E-state index contributed by atoms with van der Waals surface area (Å²) in [6, 6.07) is 12.7. The molecule has 0 fully saturated rings. The molecule has 0 bridgehead atoms. The molecule has 4 rings (SSSR count). The molecule has 208 valence electrons. The van der Waals surface area contributed by atoms with E-state index in [9.17, 15) is 9.59 Å². The Morgan fingerprint density at radius 1 is 1.18 bits per heavy atom. The predicted octanol–water partition coefficient (Wildman–Crippen LogP) is 5.67. The average Bonchev–Trinajstić information content (AvgIpc) is 2.93. The summed E-state index contributed by atoms with van der Waals surface area (Å²) in [7, 11) is 3.07. The van der Waals surface area contributed by atoms with Gasteiger partial charge in [-0.2, -0.15) is 9.78 Å². The lowest BCUT2D eigenvalue weighted by Gasteiger charge is -2.17. The van der Waals surface area contributed by atoms with Gasteiger partial charge in [-0.3, -0.25) is 9.59 Å². The number of carbonyl (C=O) groups excluding carboxylic acids is 1. The van der Waals surface area contributed by atoms with Crippen molar-refractivity contribution in [3.05, 3.63) is 79.0 Å². The summed E-state index contributed by atoms with van der Waals surface area (Å²) in [5, 5.41) is 5.14. The van der Waals surface area contributed by atoms with E-state index in [0.717, 1.165) is 22.4 Å². The number of nitrogens with zero attached hydrogens (tertiary/aromatic N) is 3. The van der Waals surface area contributed by atoms with Gasteiger partial charge in [0.1, 0.15) is 10.8 Å². The third-order valence-corrected chi connectivity index (χ3v) is 7.68. The van der Waals surface area contributed by atoms with Gasteiger partial charge in [0.15, 0.2) is 23.9 Å². The van der Waals surface area contributed by atoms with Crippen LogP contribution in [0.2, 0.25) is 5.02 Å². The van der Waals surface area contributed by atoms with Gasteiger partial charge in [0, 0.05) is 15.6 Å². The number of fused-ring (bicyclic) bond motifs is 1. The summed E-state index contributed by atoms with van der Waals surface area (Å²) >= 11 is 9.98. The van der Waals surface area contributed by atoms with E-state index in [-0.39, 0.29) is 34.6 Å². The smallest absolute Gasteiger partial charge is 0.282 e. The molecule has 9 nitrogen and oxygen atoms in total. The number of aryl methyl sites for hydroxylation is 1. The molecule has 0 saturated carbocycles. The molecule has 0 spiro atoms. The second-order valence-electron chi connectivity index (χ2n) is 9.26. The topological polar surface area (TPSA) is 118 Å². The van der Waals surface area contributed by atoms with Gasteiger partial charge in [-0.15, -0.1) is 0 Å². The number of benzene rings is 3. The molecule has 3 aromatic carbocycles. The normalized spacial score (nSPS) is 11.4. The Hall–Kier alpha value is -3.89. The third-order valence-electron chi connectivity index (χ3n) is 6.24. The molecule has 0 atom stereocenters. The van der Waals surface area contributed by atoms with Crippen LogP contribution in [0.3, 0.4) is 0 Å². The summed E-state index contributed by atoms with van der Waals surface area (Å²) in [4.78, 5) is 29.8. The van der Waals surface area contributed by atoms with Crippen molar-refractivity contribution in [2.75, 3.05) is 20.8 Å². The summed E-state index contributed by atoms with van der Waals surface area (Å²) in [6.45, 7) is 5.70. The van der Waals surface area contributed by atoms with Gasteiger partial charge in [-0.05, 0) is 70.2 Å². The van der Waals surface area contributed by atoms with Crippen molar-refractivity contribution in [3.8, 4) is 28.6 Å². The highest BCUT2D eigenvalue weighted by Crippen LogP contribution is 2.42. The molecular weight excluding hydrogens is 600 g/mol. The van der Waals surface area contributed by atoms with E-state index in [4.69, 9.17) is 36.5 Å². The number of methoxy groups -OCH3 is 2. The Morgan fingerprint density at radius 3 is 2.52 bits per heavy atom. The first-order valence-electron chi connectivity index (χ1n) is 12.3. The lowest BCUT2D eigenvalue weighted by molar-refractivity contribution is -0.119. The van der Waals surface area contributed by atoms with Crippen molar-refractivity contribution >= 4 is 50.6 Å². The fourth-order valence-corrected chi connectivity index (χ4v) is 4.87. The molecule has 0 saturated heterocycles. The second kappa shape index (κ2) is 12.1. The molecule has 1 heterocycles. The minimum Gasteiger partial charge on any atom is -0.496 e. The molecule has 11 heteroatoms. The highest BCUT2D eigenvalue weighted by Gasteiger charge is 2.20. The van der Waals surface area contributed by atoms with Crippen LogP contribution in [0, 0.1) is 6.92 Å². The molecule has 0 unspecified atom stereocenters. The Balaban J connectivity index is 1.94. The number of hydrogen-bond acceptors (Lipinski definition) is 7. The molecule has 0 aliphatic carbocycles. The van der Waals surface area contributed by atoms with Crippen LogP contribution in [-0.4, -0.2) is 42.6 Å². The Labute approximate surface area is 244 Å². The molecule has 2 N–H and O–H groups in total. The van der Waals surface area contributed by atoms with Crippen LogP contribution in [0.4, 0.5) is 0 Å². The first-order valence-corrected chi connectivity index (χ1v) is 13.5. The zero-order valence-electron chi connectivity index (χ0n) is 22.6. The van der Waals surface area contributed by atoms with Crippen molar-refractivity contribution in [2.45, 2.75) is 26.7 Å². The van der Waals surface area contributed by atoms with Crippen molar-refractivity contribution in [1.29, 1.82) is 0 Å². The SMILES string of the molecule is COc1cc(C)c(-c2nc3ccccc3c(=O)n2N=Cc2cc(OC)c(OCC(N)=O)c(Cl)c2Br)cc1C(C)C. The van der Waals surface area contributed by atoms with E-state index >= 15 is 0 Å². The van der Waals surface area contributed by atoms with Gasteiger partial charge in [-0.1, -0.05) is 37.6 Å². The van der Waals surface area contributed by atoms with Crippen molar-refractivity contribution in [1.82, 2.24) is 9.66 Å². The van der Waals surface area contributed by atoms with E-state index in [2.05, 4.69) is 34.9 Å². The van der Waals surface area contributed by atoms with Crippen LogP contribution in [0.5, 0.6) is 17.2 Å². The van der Waals surface area contributed by atoms with Gasteiger partial charge >= 0.3 is 0 Å². The molecule has 1 aromatic heterocycles. The number of carbonyl (C=O) groups is 1. The number of para-hydroxylation sites is 1. The van der Waals surface area contributed by atoms with Gasteiger partial charge < -0.3 is 19.9 Å². The first kappa shape index (κ1) is 29.1. The molecule has 40 heavy (non-hydrogen) atoms. The monoisotopic (exact) mass is 626 g/mol. The van der Waals surface area contributed by atoms with E-state index in [1.54, 1.807) is 31.4 Å². The van der Waals surface area contributed by atoms with Gasteiger partial charge in [0.05, 0.1) is 31.3 Å². The maximum absolute atomic E-state index is 13.7. The fraction of sp³-hybridized carbons (Fsp3) is 0.241. The lowest BCUT2D eigenvalue weighted by atomic mass is 9.96. The van der Waals surface area contributed by atoms with Gasteiger partial charge in [0.25, 0.3) is 11.5 Å². The highest BCUT2D eigenvalue weighted by atomic mass is 79.9. The lowest BCUT2D eigenvalue weighted by Crippen LogP contribution is -2.21. The predicted molar refractivity (Wildman–Crippen MR) is 160 cm³/mol. The maximum atomic E-state index is 13.7. The van der Waals surface area contributed by atoms with E-state index in [1.165, 1.54) is 18.0 Å². The van der Waals surface area contributed by atoms with Gasteiger partial charge in [0.2, 0.25) is 0 Å². The van der Waals surface area contributed by atoms with E-state index < -0.39 is 5.91 Å². The number of aromatic nitrogens is 2. The Kier molecular flexibility index (Phi) is 8.80. The third kappa shape index (κ3) is 5.68. The fourth-order valence-electron chi connectivity index (χ4n) is 4.22. The molecule has 0 aliphatic heterocycles. The Bertz CT molecular complexity index is 1700. The quantitative estimate of drug-likeness (QED) is 0.239. The second-order valence-corrected chi connectivity index (χ2v) is 10.4. The average molecular weight is 628 g/mol. The molecular formula is C29H28BrClN4O5. The number of rotatable bonds is 9. The molecule has 4 aromatic rings. The van der Waals surface area contributed by atoms with Crippen LogP contribution in [0.15, 0.2) is 56.8 Å². The number of primary amides is 1. The molecule has 0 aliphatic rings. The summed E-state index contributed by atoms with van der Waals surface area (Å²) in [5.41, 5.74) is 8.51. The minimum absolute atomic E-state index is 0.146. The summed E-state index contributed by atoms with van der Waals surface area (Å²) in [5.74, 6) is 1.04. The molecule has 1 amide bonds. The number of amides is 1. The van der Waals surface area contributed by atoms with Crippen LogP contribution >= 0.6 is 27.5 Å². The van der Waals surface area contributed by atoms with Crippen LogP contribution < -0.4 is 25.5 Å². The van der Waals surface area contributed by atoms with E-state index in [1.807, 2.05) is 25.1 Å². The highest BCUT2D eigenvalue weighted by molar-refractivity contribution is 9.10. The van der Waals surface area contributed by atoms with Crippen LogP contribution in [0.25, 0.3) is 22.3 Å².